The molecule has 1 saturated heterocycles. The Morgan fingerprint density at radius 2 is 1.87 bits per heavy atom. The minimum Gasteiger partial charge on any atom is -0.378 e. The molecule has 2 N–H and O–H groups in total. The average molecular weight is 325 g/mol. The monoisotopic (exact) mass is 324 g/mol. The molecule has 1 aliphatic carbocycles. The topological polar surface area (TPSA) is 48.9 Å². The van der Waals surface area contributed by atoms with Gasteiger partial charge in [-0.1, -0.05) is 20.8 Å². The Labute approximate surface area is 142 Å². The summed E-state index contributed by atoms with van der Waals surface area (Å²) in [6, 6.07) is 0.935. The highest BCUT2D eigenvalue weighted by atomic mass is 16.5. The van der Waals surface area contributed by atoms with Crippen molar-refractivity contribution < 1.29 is 4.74 Å². The smallest absolute Gasteiger partial charge is 0.191 e. The maximum Gasteiger partial charge on any atom is 0.191 e. The van der Waals surface area contributed by atoms with Crippen LogP contribution < -0.4 is 10.6 Å². The predicted molar refractivity (Wildman–Crippen MR) is 97.0 cm³/mol. The highest BCUT2D eigenvalue weighted by Gasteiger charge is 2.58. The first kappa shape index (κ1) is 18.5. The molecular formula is C18H36N4O. The van der Waals surface area contributed by atoms with Gasteiger partial charge in [-0.2, -0.15) is 0 Å². The molecule has 2 aliphatic rings. The summed E-state index contributed by atoms with van der Waals surface area (Å²) in [6.07, 6.45) is 4.66. The second-order valence-electron chi connectivity index (χ2n) is 7.89. The fraction of sp³-hybridized carbons (Fsp3) is 0.944. The molecule has 2 atom stereocenters. The molecule has 0 aromatic carbocycles. The van der Waals surface area contributed by atoms with E-state index in [0.29, 0.717) is 12.1 Å². The van der Waals surface area contributed by atoms with Gasteiger partial charge in [0.05, 0.1) is 5.60 Å². The molecule has 134 valence electrons. The molecule has 0 radical (unpaired) electrons. The second-order valence-corrected chi connectivity index (χ2v) is 7.89. The zero-order valence-electron chi connectivity index (χ0n) is 15.9. The van der Waals surface area contributed by atoms with Crippen LogP contribution in [0.2, 0.25) is 0 Å². The number of piperidine rings is 1. The first-order valence-electron chi connectivity index (χ1n) is 9.13. The molecule has 5 heteroatoms. The van der Waals surface area contributed by atoms with Crippen molar-refractivity contribution in [1.29, 1.82) is 0 Å². The van der Waals surface area contributed by atoms with Crippen molar-refractivity contribution in [3.8, 4) is 0 Å². The van der Waals surface area contributed by atoms with Crippen LogP contribution in [0.3, 0.4) is 0 Å². The Bertz CT molecular complexity index is 415. The lowest BCUT2D eigenvalue weighted by Crippen LogP contribution is -2.69. The number of rotatable bonds is 5. The maximum atomic E-state index is 5.71. The van der Waals surface area contributed by atoms with E-state index in [1.165, 1.54) is 38.9 Å². The van der Waals surface area contributed by atoms with Gasteiger partial charge in [0.25, 0.3) is 0 Å². The quantitative estimate of drug-likeness (QED) is 0.601. The average Bonchev–Trinajstić information content (AvgIpc) is 2.55. The normalized spacial score (nSPS) is 32.4. The molecule has 0 spiro atoms. The minimum atomic E-state index is -0.0466. The Kier molecular flexibility index (Phi) is 5.95. The van der Waals surface area contributed by atoms with Crippen molar-refractivity contribution in [1.82, 2.24) is 15.5 Å². The van der Waals surface area contributed by atoms with E-state index in [-0.39, 0.29) is 11.0 Å². The molecule has 2 unspecified atom stereocenters. The van der Waals surface area contributed by atoms with Gasteiger partial charge in [0.15, 0.2) is 5.96 Å². The molecule has 2 rings (SSSR count). The highest BCUT2D eigenvalue weighted by Crippen LogP contribution is 2.51. The van der Waals surface area contributed by atoms with Crippen LogP contribution in [-0.4, -0.2) is 62.3 Å². The Balaban J connectivity index is 1.82. The van der Waals surface area contributed by atoms with E-state index in [2.05, 4.69) is 48.2 Å². The van der Waals surface area contributed by atoms with Crippen molar-refractivity contribution in [3.05, 3.63) is 0 Å². The van der Waals surface area contributed by atoms with E-state index in [1.54, 1.807) is 0 Å². The molecular weight excluding hydrogens is 288 g/mol. The van der Waals surface area contributed by atoms with Gasteiger partial charge in [0, 0.05) is 44.7 Å². The molecule has 23 heavy (non-hydrogen) atoms. The zero-order valence-corrected chi connectivity index (χ0v) is 15.9. The largest absolute Gasteiger partial charge is 0.378 e. The van der Waals surface area contributed by atoms with Gasteiger partial charge in [-0.15, -0.1) is 0 Å². The van der Waals surface area contributed by atoms with Crippen molar-refractivity contribution >= 4 is 5.96 Å². The lowest BCUT2D eigenvalue weighted by Gasteiger charge is -2.59. The first-order valence-corrected chi connectivity index (χ1v) is 9.13. The molecule has 0 amide bonds. The van der Waals surface area contributed by atoms with E-state index in [1.807, 2.05) is 14.2 Å². The number of methoxy groups -OCH3 is 1. The summed E-state index contributed by atoms with van der Waals surface area (Å²) < 4.78 is 5.71. The lowest BCUT2D eigenvalue weighted by atomic mass is 9.56. The minimum absolute atomic E-state index is 0.0466. The number of hydrogen-bond donors (Lipinski definition) is 2. The van der Waals surface area contributed by atoms with E-state index in [4.69, 9.17) is 4.74 Å². The third kappa shape index (κ3) is 3.82. The summed E-state index contributed by atoms with van der Waals surface area (Å²) in [5.41, 5.74) is 0.0544. The fourth-order valence-corrected chi connectivity index (χ4v) is 3.87. The molecule has 0 aromatic rings. The third-order valence-electron chi connectivity index (χ3n) is 6.28. The molecule has 0 bridgehead atoms. The summed E-state index contributed by atoms with van der Waals surface area (Å²) in [7, 11) is 3.68. The Hall–Kier alpha value is -0.810. The molecule has 1 saturated carbocycles. The predicted octanol–water partition coefficient (Wildman–Crippen LogP) is 2.23. The summed E-state index contributed by atoms with van der Waals surface area (Å²) in [6.45, 7) is 12.6. The van der Waals surface area contributed by atoms with Gasteiger partial charge in [0.1, 0.15) is 0 Å². The molecule has 5 nitrogen and oxygen atoms in total. The van der Waals surface area contributed by atoms with Crippen molar-refractivity contribution in [3.63, 3.8) is 0 Å². The zero-order chi connectivity index (χ0) is 17.1. The summed E-state index contributed by atoms with van der Waals surface area (Å²) in [5.74, 6) is 0.940. The van der Waals surface area contributed by atoms with Gasteiger partial charge >= 0.3 is 0 Å². The second kappa shape index (κ2) is 7.39. The molecule has 1 aliphatic heterocycles. The van der Waals surface area contributed by atoms with Gasteiger partial charge in [0.2, 0.25) is 0 Å². The van der Waals surface area contributed by atoms with Crippen LogP contribution in [0.25, 0.3) is 0 Å². The van der Waals surface area contributed by atoms with Crippen LogP contribution in [0.1, 0.15) is 53.4 Å². The van der Waals surface area contributed by atoms with Gasteiger partial charge in [-0.3, -0.25) is 4.99 Å². The van der Waals surface area contributed by atoms with Crippen molar-refractivity contribution in [2.75, 3.05) is 33.8 Å². The van der Waals surface area contributed by atoms with E-state index in [9.17, 15) is 0 Å². The van der Waals surface area contributed by atoms with Gasteiger partial charge < -0.3 is 20.3 Å². The number of guanidine groups is 1. The van der Waals surface area contributed by atoms with Crippen molar-refractivity contribution in [2.24, 2.45) is 10.4 Å². The van der Waals surface area contributed by atoms with E-state index < -0.39 is 0 Å². The summed E-state index contributed by atoms with van der Waals surface area (Å²) >= 11 is 0. The lowest BCUT2D eigenvalue weighted by molar-refractivity contribution is -0.176. The van der Waals surface area contributed by atoms with Crippen molar-refractivity contribution in [2.45, 2.75) is 71.1 Å². The maximum absolute atomic E-state index is 5.71. The number of aliphatic imine (C=N–C) groups is 1. The summed E-state index contributed by atoms with van der Waals surface area (Å²) in [4.78, 5) is 7.00. The van der Waals surface area contributed by atoms with Gasteiger partial charge in [-0.25, -0.2) is 0 Å². The molecule has 0 aromatic heterocycles. The van der Waals surface area contributed by atoms with E-state index >= 15 is 0 Å². The fourth-order valence-electron chi connectivity index (χ4n) is 3.87. The molecule has 2 fully saturated rings. The third-order valence-corrected chi connectivity index (χ3v) is 6.28. The number of hydrogen-bond acceptors (Lipinski definition) is 3. The van der Waals surface area contributed by atoms with Crippen LogP contribution in [0.4, 0.5) is 0 Å². The first-order chi connectivity index (χ1) is 10.9. The van der Waals surface area contributed by atoms with E-state index in [0.717, 1.165) is 12.4 Å². The van der Waals surface area contributed by atoms with Crippen LogP contribution in [0.15, 0.2) is 4.99 Å². The number of nitrogens with zero attached hydrogens (tertiary/aromatic N) is 2. The molecule has 1 heterocycles. The van der Waals surface area contributed by atoms with Gasteiger partial charge in [-0.05, 0) is 39.2 Å². The highest BCUT2D eigenvalue weighted by molar-refractivity contribution is 5.80. The number of likely N-dealkylation sites (tertiary alicyclic amines) is 1. The Morgan fingerprint density at radius 1 is 1.22 bits per heavy atom. The van der Waals surface area contributed by atoms with Crippen LogP contribution in [0.5, 0.6) is 0 Å². The van der Waals surface area contributed by atoms with Crippen LogP contribution >= 0.6 is 0 Å². The standard InChI is InChI=1S/C18H36N4O/c1-7-10-22-11-8-14(9-12-22)20-16(19-5)21-15-13-18(4,23-6)17(15,2)3/h14-15H,7-13H2,1-6H3,(H2,19,20,21). The van der Waals surface area contributed by atoms with Crippen LogP contribution in [0, 0.1) is 5.41 Å². The van der Waals surface area contributed by atoms with Crippen LogP contribution in [-0.2, 0) is 4.74 Å². The number of nitrogens with one attached hydrogen (secondary N) is 2. The number of ether oxygens (including phenoxy) is 1. The Morgan fingerprint density at radius 3 is 2.35 bits per heavy atom. The SMILES string of the molecule is CCCN1CCC(NC(=NC)NC2CC(C)(OC)C2(C)C)CC1. The summed E-state index contributed by atoms with van der Waals surface area (Å²) in [5, 5.41) is 7.23.